The molecule has 5 aromatic rings. The van der Waals surface area contributed by atoms with Gasteiger partial charge in [0.25, 0.3) is 5.91 Å². The number of carbonyl (C=O) groups excluding carboxylic acids is 1. The predicted molar refractivity (Wildman–Crippen MR) is 130 cm³/mol. The Morgan fingerprint density at radius 2 is 1.45 bits per heavy atom. The largest absolute Gasteiger partial charge is 0.318 e. The van der Waals surface area contributed by atoms with Crippen molar-refractivity contribution in [2.24, 2.45) is 0 Å². The van der Waals surface area contributed by atoms with Gasteiger partial charge in [0.15, 0.2) is 0 Å². The molecule has 9 heteroatoms. The normalized spacial score (nSPS) is 11.3. The molecule has 3 aromatic carbocycles. The van der Waals surface area contributed by atoms with Crippen molar-refractivity contribution < 1.29 is 4.79 Å². The summed E-state index contributed by atoms with van der Waals surface area (Å²) in [6.07, 6.45) is 0. The van der Waals surface area contributed by atoms with E-state index in [1.165, 1.54) is 0 Å². The van der Waals surface area contributed by atoms with E-state index in [1.807, 2.05) is 89.3 Å². The second kappa shape index (κ2) is 9.41. The third-order valence-electron chi connectivity index (χ3n) is 5.45. The molecule has 0 fully saturated rings. The van der Waals surface area contributed by atoms with E-state index in [2.05, 4.69) is 20.6 Å². The summed E-state index contributed by atoms with van der Waals surface area (Å²) in [5.41, 5.74) is 5.39. The molecule has 2 aromatic heterocycles. The summed E-state index contributed by atoms with van der Waals surface area (Å²) in [6.45, 7) is 2.91. The zero-order valence-corrected chi connectivity index (χ0v) is 19.0. The van der Waals surface area contributed by atoms with Crippen LogP contribution < -0.4 is 0 Å². The van der Waals surface area contributed by atoms with Crippen LogP contribution in [0.5, 0.6) is 0 Å². The number of aryl methyl sites for hydroxylation is 1. The maximum Gasteiger partial charge on any atom is 0.255 e. The highest BCUT2D eigenvalue weighted by Gasteiger charge is 2.18. The quantitative estimate of drug-likeness (QED) is 0.328. The molecular weight excluding hydrogens is 434 g/mol. The molecule has 8 nitrogen and oxygen atoms in total. The minimum atomic E-state index is -0.0265. The van der Waals surface area contributed by atoms with Crippen molar-refractivity contribution in [1.29, 1.82) is 0 Å². The molecule has 0 saturated carbocycles. The van der Waals surface area contributed by atoms with Crippen LogP contribution in [0.15, 0.2) is 72.8 Å². The van der Waals surface area contributed by atoms with E-state index in [4.69, 9.17) is 0 Å². The monoisotopic (exact) mass is 457 g/mol. The lowest BCUT2D eigenvalue weighted by Gasteiger charge is -2.23. The van der Waals surface area contributed by atoms with Gasteiger partial charge in [0.1, 0.15) is 17.7 Å². The van der Waals surface area contributed by atoms with Crippen molar-refractivity contribution in [1.82, 2.24) is 34.9 Å². The number of thioether (sulfide) groups is 1. The van der Waals surface area contributed by atoms with Gasteiger partial charge in [-0.1, -0.05) is 52.4 Å². The molecule has 5 rings (SSSR count). The van der Waals surface area contributed by atoms with Crippen LogP contribution in [0.2, 0.25) is 0 Å². The number of fused-ring (bicyclic) bond motifs is 2. The van der Waals surface area contributed by atoms with Crippen LogP contribution in [0.3, 0.4) is 0 Å². The van der Waals surface area contributed by atoms with Gasteiger partial charge in [-0.2, -0.15) is 0 Å². The van der Waals surface area contributed by atoms with Crippen LogP contribution in [0.4, 0.5) is 0 Å². The zero-order valence-electron chi connectivity index (χ0n) is 18.2. The first kappa shape index (κ1) is 21.1. The Balaban J connectivity index is 1.30. The minimum absolute atomic E-state index is 0.0265. The van der Waals surface area contributed by atoms with Crippen molar-refractivity contribution in [2.75, 3.05) is 12.3 Å². The lowest BCUT2D eigenvalue weighted by molar-refractivity contribution is 0.0709. The second-order valence-electron chi connectivity index (χ2n) is 7.77. The Kier molecular flexibility index (Phi) is 6.03. The van der Waals surface area contributed by atoms with Gasteiger partial charge in [-0.3, -0.25) is 4.79 Å². The van der Waals surface area contributed by atoms with Gasteiger partial charge >= 0.3 is 0 Å². The van der Waals surface area contributed by atoms with Crippen LogP contribution in [0.25, 0.3) is 22.1 Å². The number of nitrogens with zero attached hydrogens (tertiary/aromatic N) is 7. The molecule has 166 valence electrons. The van der Waals surface area contributed by atoms with Crippen LogP contribution in [0, 0.1) is 6.92 Å². The Morgan fingerprint density at radius 3 is 2.15 bits per heavy atom. The van der Waals surface area contributed by atoms with Crippen LogP contribution >= 0.6 is 11.8 Å². The van der Waals surface area contributed by atoms with E-state index in [9.17, 15) is 4.79 Å². The maximum absolute atomic E-state index is 13.3. The summed E-state index contributed by atoms with van der Waals surface area (Å²) in [7, 11) is 0. The highest BCUT2D eigenvalue weighted by atomic mass is 32.2. The number of hydrogen-bond acceptors (Lipinski definition) is 6. The van der Waals surface area contributed by atoms with Crippen LogP contribution in [-0.2, 0) is 12.5 Å². The third kappa shape index (κ3) is 4.58. The van der Waals surface area contributed by atoms with Crippen LogP contribution in [-0.4, -0.2) is 53.1 Å². The fourth-order valence-electron chi connectivity index (χ4n) is 3.64. The van der Waals surface area contributed by atoms with Gasteiger partial charge in [-0.05, 0) is 43.3 Å². The molecule has 0 atom stereocenters. The number of amides is 1. The van der Waals surface area contributed by atoms with Gasteiger partial charge in [-0.25, -0.2) is 9.36 Å². The molecule has 0 bridgehead atoms. The molecule has 0 aliphatic heterocycles. The molecule has 33 heavy (non-hydrogen) atoms. The molecule has 0 N–H and O–H groups in total. The summed E-state index contributed by atoms with van der Waals surface area (Å²) in [5.74, 6) is 1.39. The van der Waals surface area contributed by atoms with E-state index in [-0.39, 0.29) is 5.91 Å². The number of aromatic nitrogens is 6. The zero-order chi connectivity index (χ0) is 22.6. The molecule has 2 heterocycles. The Hall–Kier alpha value is -3.72. The third-order valence-corrected chi connectivity index (χ3v) is 6.35. The van der Waals surface area contributed by atoms with Crippen molar-refractivity contribution in [3.63, 3.8) is 0 Å². The van der Waals surface area contributed by atoms with Gasteiger partial charge in [-0.15, -0.1) is 22.0 Å². The van der Waals surface area contributed by atoms with E-state index in [0.717, 1.165) is 33.4 Å². The van der Waals surface area contributed by atoms with Gasteiger partial charge in [0, 0.05) is 17.9 Å². The number of hydrogen-bond donors (Lipinski definition) is 0. The minimum Gasteiger partial charge on any atom is -0.318 e. The highest BCUT2D eigenvalue weighted by molar-refractivity contribution is 7.98. The lowest BCUT2D eigenvalue weighted by Crippen LogP contribution is -2.35. The number of benzene rings is 3. The highest BCUT2D eigenvalue weighted by Crippen LogP contribution is 2.16. The summed E-state index contributed by atoms with van der Waals surface area (Å²) < 4.78 is 3.66. The first-order valence-corrected chi connectivity index (χ1v) is 11.8. The molecule has 0 saturated heterocycles. The molecular formula is C24H23N7OS. The first-order chi connectivity index (χ1) is 16.2. The van der Waals surface area contributed by atoms with E-state index in [0.29, 0.717) is 24.7 Å². The van der Waals surface area contributed by atoms with E-state index >= 15 is 0 Å². The fourth-order valence-corrected chi connectivity index (χ4v) is 4.48. The number of carbonyl (C=O) groups is 1. The van der Waals surface area contributed by atoms with Gasteiger partial charge in [0.2, 0.25) is 0 Å². The van der Waals surface area contributed by atoms with Crippen molar-refractivity contribution in [2.45, 2.75) is 19.5 Å². The number of rotatable bonds is 8. The van der Waals surface area contributed by atoms with Gasteiger partial charge in [0.05, 0.1) is 16.9 Å². The first-order valence-electron chi connectivity index (χ1n) is 10.7. The molecule has 0 radical (unpaired) electrons. The fraction of sp³-hybridized carbons (Fsp3) is 0.208. The summed E-state index contributed by atoms with van der Waals surface area (Å²) in [4.78, 5) is 15.2. The molecule has 0 aliphatic rings. The average Bonchev–Trinajstić information content (AvgIpc) is 3.45. The second-order valence-corrected chi connectivity index (χ2v) is 8.84. The standard InChI is InChI=1S/C24H23N7OS/c1-18-10-12-19(13-11-18)24(32)29(16-30-22-8-4-2-6-20(22)25-27-30)14-15-33-17-31-23-9-5-3-7-21(23)26-28-31/h2-13H,14-17H2,1H3. The topological polar surface area (TPSA) is 81.7 Å². The van der Waals surface area contributed by atoms with Gasteiger partial charge < -0.3 is 4.90 Å². The summed E-state index contributed by atoms with van der Waals surface area (Å²) in [5, 5.41) is 16.9. The summed E-state index contributed by atoms with van der Waals surface area (Å²) >= 11 is 1.71. The average molecular weight is 458 g/mol. The van der Waals surface area contributed by atoms with Crippen molar-refractivity contribution in [3.8, 4) is 0 Å². The Morgan fingerprint density at radius 1 is 0.848 bits per heavy atom. The van der Waals surface area contributed by atoms with E-state index < -0.39 is 0 Å². The molecule has 0 unspecified atom stereocenters. The predicted octanol–water partition coefficient (Wildman–Crippen LogP) is 3.98. The Labute approximate surface area is 195 Å². The van der Waals surface area contributed by atoms with Crippen LogP contribution in [0.1, 0.15) is 15.9 Å². The molecule has 0 spiro atoms. The smallest absolute Gasteiger partial charge is 0.255 e. The van der Waals surface area contributed by atoms with Crippen molar-refractivity contribution >= 4 is 39.7 Å². The summed E-state index contributed by atoms with van der Waals surface area (Å²) in [6, 6.07) is 23.3. The molecule has 1 amide bonds. The Bertz CT molecular complexity index is 1390. The maximum atomic E-state index is 13.3. The molecule has 0 aliphatic carbocycles. The van der Waals surface area contributed by atoms with Crippen molar-refractivity contribution in [3.05, 3.63) is 83.9 Å². The SMILES string of the molecule is Cc1ccc(C(=O)N(CCSCn2nnc3ccccc32)Cn2nnc3ccccc32)cc1. The number of para-hydroxylation sites is 2. The van der Waals surface area contributed by atoms with E-state index in [1.54, 1.807) is 16.4 Å². The lowest BCUT2D eigenvalue weighted by atomic mass is 10.1.